The zero-order valence-electron chi connectivity index (χ0n) is 54.3. The number of carbonyl (C=O) groups excluding carboxylic acids is 2. The van der Waals surface area contributed by atoms with E-state index in [0.29, 0.717) is 19.4 Å². The Morgan fingerprint density at radius 3 is 0.912 bits per heavy atom. The first-order chi connectivity index (χ1) is 39.5. The van der Waals surface area contributed by atoms with E-state index in [2.05, 4.69) is 31.3 Å². The zero-order chi connectivity index (χ0) is 57.8. The molecule has 2 unspecified atom stereocenters. The molecule has 1 amide bonds. The number of allylic oxidation sites excluding steroid dienone is 3. The molecule has 0 fully saturated rings. The zero-order valence-corrected chi connectivity index (χ0v) is 54.3. The summed E-state index contributed by atoms with van der Waals surface area (Å²) in [5.74, 6) is -0.0522. The molecule has 80 heavy (non-hydrogen) atoms. The molecule has 3 N–H and O–H groups in total. The minimum absolute atomic E-state index is 0.00832. The minimum Gasteiger partial charge on any atom is -0.466 e. The van der Waals surface area contributed by atoms with Gasteiger partial charge >= 0.3 is 5.97 Å². The number of aliphatic hydroxyl groups excluding tert-OH is 2. The number of hydrogen-bond donors (Lipinski definition) is 3. The Labute approximate surface area is 501 Å². The monoisotopic (exact) mass is 1130 g/mol. The van der Waals surface area contributed by atoms with E-state index in [0.717, 1.165) is 44.9 Å². The first-order valence-electron chi connectivity index (χ1n) is 36.6. The summed E-state index contributed by atoms with van der Waals surface area (Å²) in [7, 11) is 0. The number of aliphatic hydroxyl groups is 2. The molecule has 0 aromatic heterocycles. The third-order valence-electron chi connectivity index (χ3n) is 17.2. The topological polar surface area (TPSA) is 95.9 Å². The van der Waals surface area contributed by atoms with Gasteiger partial charge in [0.2, 0.25) is 5.91 Å². The molecule has 474 valence electrons. The molecule has 0 heterocycles. The predicted octanol–water partition coefficient (Wildman–Crippen LogP) is 23.7. The van der Waals surface area contributed by atoms with Crippen molar-refractivity contribution in [2.24, 2.45) is 0 Å². The number of nitrogens with one attached hydrogen (secondary N) is 1. The molecular formula is C74H143NO5. The van der Waals surface area contributed by atoms with Gasteiger partial charge in [0, 0.05) is 12.8 Å². The third kappa shape index (κ3) is 65.5. The molecule has 0 aromatic carbocycles. The molecule has 0 aliphatic rings. The van der Waals surface area contributed by atoms with Crippen molar-refractivity contribution in [2.45, 2.75) is 424 Å². The fraction of sp³-hybridized carbons (Fsp3) is 0.919. The van der Waals surface area contributed by atoms with Gasteiger partial charge in [-0.1, -0.05) is 366 Å². The molecular weight excluding hydrogens is 983 g/mol. The van der Waals surface area contributed by atoms with Gasteiger partial charge in [-0.05, 0) is 57.8 Å². The van der Waals surface area contributed by atoms with Crippen LogP contribution in [0.5, 0.6) is 0 Å². The fourth-order valence-electron chi connectivity index (χ4n) is 11.6. The van der Waals surface area contributed by atoms with E-state index in [1.54, 1.807) is 6.08 Å². The fourth-order valence-corrected chi connectivity index (χ4v) is 11.6. The Morgan fingerprint density at radius 1 is 0.338 bits per heavy atom. The molecule has 0 aliphatic heterocycles. The average Bonchev–Trinajstić information content (AvgIpc) is 3.46. The van der Waals surface area contributed by atoms with Crippen LogP contribution in [0.15, 0.2) is 24.3 Å². The van der Waals surface area contributed by atoms with Crippen LogP contribution in [-0.2, 0) is 14.3 Å². The van der Waals surface area contributed by atoms with E-state index in [4.69, 9.17) is 4.74 Å². The predicted molar refractivity (Wildman–Crippen MR) is 352 cm³/mol. The van der Waals surface area contributed by atoms with Gasteiger partial charge in [-0.2, -0.15) is 0 Å². The maximum atomic E-state index is 12.5. The SMILES string of the molecule is CCCCC/C=C\CCCCCCCC(=O)OCCCCCCCCCCCCCCCCCCCCCCCCCCCCCC(=O)NC(CO)C(O)/C=C/CCCCCCCCCCCCCCCCCCCCCCCC. The van der Waals surface area contributed by atoms with Crippen molar-refractivity contribution in [2.75, 3.05) is 13.2 Å². The minimum atomic E-state index is -0.844. The smallest absolute Gasteiger partial charge is 0.305 e. The maximum absolute atomic E-state index is 12.5. The summed E-state index contributed by atoms with van der Waals surface area (Å²) in [5, 5.41) is 23.3. The van der Waals surface area contributed by atoms with Crippen LogP contribution in [0.1, 0.15) is 412 Å². The molecule has 0 spiro atoms. The Balaban J connectivity index is 3.38. The summed E-state index contributed by atoms with van der Waals surface area (Å²) in [6.45, 7) is 4.92. The highest BCUT2D eigenvalue weighted by atomic mass is 16.5. The van der Waals surface area contributed by atoms with Crippen LogP contribution in [0.3, 0.4) is 0 Å². The van der Waals surface area contributed by atoms with Crippen molar-refractivity contribution in [3.05, 3.63) is 24.3 Å². The van der Waals surface area contributed by atoms with Crippen LogP contribution in [0.2, 0.25) is 0 Å². The van der Waals surface area contributed by atoms with Gasteiger partial charge in [0.15, 0.2) is 0 Å². The molecule has 6 nitrogen and oxygen atoms in total. The Morgan fingerprint density at radius 2 is 0.588 bits per heavy atom. The summed E-state index contributed by atoms with van der Waals surface area (Å²) >= 11 is 0. The lowest BCUT2D eigenvalue weighted by Gasteiger charge is -2.20. The molecule has 0 saturated heterocycles. The average molecular weight is 1130 g/mol. The summed E-state index contributed by atoms with van der Waals surface area (Å²) in [5.41, 5.74) is 0. The highest BCUT2D eigenvalue weighted by molar-refractivity contribution is 5.76. The lowest BCUT2D eigenvalue weighted by molar-refractivity contribution is -0.143. The normalized spacial score (nSPS) is 12.6. The molecule has 0 radical (unpaired) electrons. The molecule has 0 rings (SSSR count). The number of hydrogen-bond acceptors (Lipinski definition) is 5. The van der Waals surface area contributed by atoms with E-state index >= 15 is 0 Å². The quantitative estimate of drug-likeness (QED) is 0.0320. The van der Waals surface area contributed by atoms with E-state index in [1.165, 1.54) is 340 Å². The molecule has 0 saturated carbocycles. The number of ether oxygens (including phenoxy) is 1. The highest BCUT2D eigenvalue weighted by Crippen LogP contribution is 2.19. The first-order valence-corrected chi connectivity index (χ1v) is 36.6. The van der Waals surface area contributed by atoms with Crippen LogP contribution < -0.4 is 5.32 Å². The summed E-state index contributed by atoms with van der Waals surface area (Å²) in [6, 6.07) is -0.627. The van der Waals surface area contributed by atoms with Crippen molar-refractivity contribution in [1.29, 1.82) is 0 Å². The van der Waals surface area contributed by atoms with Gasteiger partial charge in [-0.25, -0.2) is 0 Å². The third-order valence-corrected chi connectivity index (χ3v) is 17.2. The summed E-state index contributed by atoms with van der Waals surface area (Å²) < 4.78 is 5.48. The molecule has 6 heteroatoms. The Bertz CT molecular complexity index is 1250. The largest absolute Gasteiger partial charge is 0.466 e. The highest BCUT2D eigenvalue weighted by Gasteiger charge is 2.18. The molecule has 2 atom stereocenters. The number of rotatable bonds is 69. The number of unbranched alkanes of at least 4 members (excludes halogenated alkanes) is 56. The molecule has 0 aliphatic carbocycles. The summed E-state index contributed by atoms with van der Waals surface area (Å²) in [6.07, 6.45) is 88.4. The second-order valence-electron chi connectivity index (χ2n) is 25.3. The maximum Gasteiger partial charge on any atom is 0.305 e. The molecule has 0 bridgehead atoms. The molecule has 0 aromatic rings. The van der Waals surface area contributed by atoms with E-state index in [-0.39, 0.29) is 18.5 Å². The first kappa shape index (κ1) is 78.3. The van der Waals surface area contributed by atoms with Gasteiger partial charge in [0.1, 0.15) is 0 Å². The van der Waals surface area contributed by atoms with Crippen molar-refractivity contribution >= 4 is 11.9 Å². The second kappa shape index (κ2) is 69.8. The van der Waals surface area contributed by atoms with E-state index in [1.807, 2.05) is 6.08 Å². The van der Waals surface area contributed by atoms with Gasteiger partial charge in [0.05, 0.1) is 25.4 Å². The second-order valence-corrected chi connectivity index (χ2v) is 25.3. The van der Waals surface area contributed by atoms with Crippen molar-refractivity contribution in [1.82, 2.24) is 5.32 Å². The van der Waals surface area contributed by atoms with E-state index < -0.39 is 12.1 Å². The summed E-state index contributed by atoms with van der Waals surface area (Å²) in [4.78, 5) is 24.6. The van der Waals surface area contributed by atoms with Crippen LogP contribution in [0, 0.1) is 0 Å². The van der Waals surface area contributed by atoms with Gasteiger partial charge in [0.25, 0.3) is 0 Å². The lowest BCUT2D eigenvalue weighted by atomic mass is 10.0. The Hall–Kier alpha value is -1.66. The standard InChI is InChI=1S/C74H143NO5/c1-3-5-7-9-11-13-15-17-18-19-20-21-22-28-31-34-37-40-43-46-50-54-58-62-66-72(77)71(70-76)75-73(78)67-63-59-55-51-47-44-41-38-35-32-29-26-24-23-25-27-30-33-36-39-42-45-49-53-57-61-65-69-80-74(79)68-64-60-56-52-48-16-14-12-10-8-6-4-2/h12,14,62,66,71-72,76-77H,3-11,13,15-61,63-65,67-70H2,1-2H3,(H,75,78)/b14-12-,66-62+. The van der Waals surface area contributed by atoms with Crippen molar-refractivity contribution < 1.29 is 24.5 Å². The van der Waals surface area contributed by atoms with Crippen LogP contribution in [0.25, 0.3) is 0 Å². The number of carbonyl (C=O) groups is 2. The number of esters is 1. The number of amides is 1. The Kier molecular flexibility index (Phi) is 68.4. The van der Waals surface area contributed by atoms with Gasteiger partial charge in [-0.3, -0.25) is 9.59 Å². The van der Waals surface area contributed by atoms with Crippen LogP contribution >= 0.6 is 0 Å². The van der Waals surface area contributed by atoms with Crippen molar-refractivity contribution in [3.63, 3.8) is 0 Å². The van der Waals surface area contributed by atoms with Gasteiger partial charge in [-0.15, -0.1) is 0 Å². The lowest BCUT2D eigenvalue weighted by Crippen LogP contribution is -2.45. The van der Waals surface area contributed by atoms with E-state index in [9.17, 15) is 19.8 Å². The van der Waals surface area contributed by atoms with Crippen LogP contribution in [0.4, 0.5) is 0 Å². The van der Waals surface area contributed by atoms with Crippen LogP contribution in [-0.4, -0.2) is 47.4 Å². The van der Waals surface area contributed by atoms with Crippen molar-refractivity contribution in [3.8, 4) is 0 Å². The van der Waals surface area contributed by atoms with Gasteiger partial charge < -0.3 is 20.3 Å².